The Morgan fingerprint density at radius 1 is 0.438 bits per heavy atom. The van der Waals surface area contributed by atoms with Gasteiger partial charge in [-0.2, -0.15) is 35.1 Å². The maximum atomic E-state index is 13.9. The van der Waals surface area contributed by atoms with Crippen LogP contribution in [0.25, 0.3) is 0 Å². The maximum absolute atomic E-state index is 13.9. The fraction of sp³-hybridized carbons (Fsp3) is 0.800. The van der Waals surface area contributed by atoms with Crippen molar-refractivity contribution in [2.75, 3.05) is 0 Å². The quantitative estimate of drug-likeness (QED) is 0.133. The Kier molecular flexibility index (Phi) is 9.37. The molecular weight excluding hydrogens is 658 g/mol. The van der Waals surface area contributed by atoms with E-state index < -0.39 is 53.5 Å². The monoisotopic (exact) mass is 654 g/mol. The van der Waals surface area contributed by atoms with Crippen molar-refractivity contribution in [1.82, 2.24) is 0 Å². The van der Waals surface area contributed by atoms with Crippen molar-refractivity contribution in [2.24, 2.45) is 0 Å². The number of hydrogen-bond donors (Lipinski definition) is 0. The summed E-state index contributed by atoms with van der Waals surface area (Å²) < 4.78 is 127. The zero-order chi connectivity index (χ0) is 26.6. The van der Waals surface area contributed by atoms with E-state index in [1.165, 1.54) is 0 Å². The SMILES string of the molecule is O=C(OOC(=O)C(F)(Cl)C(F)(F)C(F)(F)C(Cl)(Cl)Cl)C(F)(Cl)C(F)(F)C(F)(F)C(Cl)(Cl)Cl. The third-order valence-electron chi connectivity index (χ3n) is 3.00. The van der Waals surface area contributed by atoms with Gasteiger partial charge in [-0.1, -0.05) is 92.8 Å². The highest BCUT2D eigenvalue weighted by atomic mass is 35.6. The van der Waals surface area contributed by atoms with E-state index in [1.807, 2.05) is 0 Å². The molecule has 0 bridgehead atoms. The molecule has 0 fully saturated rings. The Morgan fingerprint density at radius 3 is 0.781 bits per heavy atom. The van der Waals surface area contributed by atoms with Crippen molar-refractivity contribution in [2.45, 2.75) is 41.5 Å². The predicted octanol–water partition coefficient (Wildman–Crippen LogP) is 7.08. The largest absolute Gasteiger partial charge is 0.414 e. The molecule has 4 nitrogen and oxygen atoms in total. The van der Waals surface area contributed by atoms with E-state index in [4.69, 9.17) is 0 Å². The van der Waals surface area contributed by atoms with Gasteiger partial charge in [0.15, 0.2) is 0 Å². The molecule has 0 saturated carbocycles. The van der Waals surface area contributed by atoms with Crippen LogP contribution in [0.4, 0.5) is 43.9 Å². The lowest BCUT2D eigenvalue weighted by Crippen LogP contribution is -2.63. The molecule has 0 saturated heterocycles. The molecule has 0 heterocycles. The summed E-state index contributed by atoms with van der Waals surface area (Å²) in [5.41, 5.74) is 0. The first-order chi connectivity index (χ1) is 13.5. The van der Waals surface area contributed by atoms with Gasteiger partial charge in [-0.3, -0.25) is 0 Å². The Morgan fingerprint density at radius 2 is 0.625 bits per heavy atom. The Balaban J connectivity index is 5.82. The van der Waals surface area contributed by atoms with Gasteiger partial charge in [0.05, 0.1) is 0 Å². The standard InChI is InChI=1S/C10Cl8F10O4/c11-3(19,5(21,22)7(25,26)9(13,14)15)1(29)31-32-2(30)4(12,20)6(23,24)8(27,28)10(16,17)18. The fourth-order valence-electron chi connectivity index (χ4n) is 1.19. The summed E-state index contributed by atoms with van der Waals surface area (Å²) >= 11 is 35.7. The lowest BCUT2D eigenvalue weighted by atomic mass is 10.1. The number of rotatable bonds is 6. The van der Waals surface area contributed by atoms with Gasteiger partial charge in [-0.25, -0.2) is 28.1 Å². The molecule has 0 aliphatic carbocycles. The van der Waals surface area contributed by atoms with Crippen molar-refractivity contribution in [3.05, 3.63) is 0 Å². The predicted molar refractivity (Wildman–Crippen MR) is 91.9 cm³/mol. The minimum Gasteiger partial charge on any atom is -0.242 e. The molecule has 0 rings (SSSR count). The fourth-order valence-corrected chi connectivity index (χ4v) is 2.20. The highest BCUT2D eigenvalue weighted by Gasteiger charge is 2.82. The van der Waals surface area contributed by atoms with Crippen LogP contribution in [0, 0.1) is 0 Å². The highest BCUT2D eigenvalue weighted by molar-refractivity contribution is 6.69. The Hall–Kier alpha value is 0.560. The number of alkyl halides is 18. The third kappa shape index (κ3) is 5.21. The van der Waals surface area contributed by atoms with Crippen molar-refractivity contribution < 1.29 is 63.3 Å². The van der Waals surface area contributed by atoms with Gasteiger partial charge in [0.25, 0.3) is 7.59 Å². The van der Waals surface area contributed by atoms with Crippen LogP contribution < -0.4 is 0 Å². The van der Waals surface area contributed by atoms with Crippen molar-refractivity contribution in [1.29, 1.82) is 0 Å². The molecule has 190 valence electrons. The van der Waals surface area contributed by atoms with E-state index in [0.717, 1.165) is 0 Å². The zero-order valence-electron chi connectivity index (χ0n) is 13.4. The molecule has 32 heavy (non-hydrogen) atoms. The lowest BCUT2D eigenvalue weighted by Gasteiger charge is -2.36. The summed E-state index contributed by atoms with van der Waals surface area (Å²) in [4.78, 5) is 28.0. The van der Waals surface area contributed by atoms with Crippen molar-refractivity contribution >= 4 is 105 Å². The second kappa shape index (κ2) is 9.21. The van der Waals surface area contributed by atoms with Crippen LogP contribution >= 0.6 is 92.8 Å². The molecule has 0 N–H and O–H groups in total. The average Bonchev–Trinajstić information content (AvgIpc) is 2.56. The number of carbonyl (C=O) groups excluding carboxylic acids is 2. The minimum absolute atomic E-state index is 2.80. The summed E-state index contributed by atoms with van der Waals surface area (Å²) in [6, 6.07) is 0. The molecule has 22 heteroatoms. The van der Waals surface area contributed by atoms with Crippen molar-refractivity contribution in [3.63, 3.8) is 0 Å². The average molecular weight is 658 g/mol. The molecular formula is C10Cl8F10O4. The molecule has 0 aromatic heterocycles. The van der Waals surface area contributed by atoms with Crippen molar-refractivity contribution in [3.8, 4) is 0 Å². The molecule has 0 aliphatic heterocycles. The normalized spacial score (nSPS) is 18.4. The molecule has 0 radical (unpaired) electrons. The van der Waals surface area contributed by atoms with E-state index in [2.05, 4.69) is 103 Å². The zero-order valence-corrected chi connectivity index (χ0v) is 19.5. The first kappa shape index (κ1) is 32.6. The number of hydrogen-bond acceptors (Lipinski definition) is 4. The smallest absolute Gasteiger partial charge is 0.242 e. The summed E-state index contributed by atoms with van der Waals surface area (Å²) in [6.07, 6.45) is 0. The van der Waals surface area contributed by atoms with Crippen LogP contribution in [-0.4, -0.2) is 53.5 Å². The second-order valence-corrected chi connectivity index (χ2v) is 10.8. The van der Waals surface area contributed by atoms with Gasteiger partial charge in [0.1, 0.15) is 0 Å². The Labute approximate surface area is 209 Å². The summed E-state index contributed by atoms with van der Waals surface area (Å²) in [7, 11) is 0. The second-order valence-electron chi connectivity index (χ2n) is 5.18. The van der Waals surface area contributed by atoms with Gasteiger partial charge in [0.2, 0.25) is 0 Å². The van der Waals surface area contributed by atoms with Gasteiger partial charge in [0, 0.05) is 0 Å². The first-order valence-electron chi connectivity index (χ1n) is 6.38. The number of halogens is 18. The minimum atomic E-state index is -6.52. The Bertz CT molecular complexity index is 687. The lowest BCUT2D eigenvalue weighted by molar-refractivity contribution is -0.303. The maximum Gasteiger partial charge on any atom is 0.414 e. The number of carbonyl (C=O) groups is 2. The molecule has 0 aliphatic rings. The van der Waals surface area contributed by atoms with Crippen LogP contribution in [0.1, 0.15) is 0 Å². The molecule has 0 amide bonds. The topological polar surface area (TPSA) is 52.6 Å². The molecule has 2 atom stereocenters. The first-order valence-corrected chi connectivity index (χ1v) is 9.41. The molecule has 0 aromatic carbocycles. The van der Waals surface area contributed by atoms with Crippen LogP contribution in [-0.2, 0) is 19.4 Å². The molecule has 0 spiro atoms. The van der Waals surface area contributed by atoms with E-state index >= 15 is 0 Å². The van der Waals surface area contributed by atoms with Crippen LogP contribution in [0.5, 0.6) is 0 Å². The van der Waals surface area contributed by atoms with Gasteiger partial charge < -0.3 is 0 Å². The van der Waals surface area contributed by atoms with Gasteiger partial charge in [-0.15, -0.1) is 0 Å². The molecule has 2 unspecified atom stereocenters. The molecule has 0 aromatic rings. The van der Waals surface area contributed by atoms with Crippen LogP contribution in [0.2, 0.25) is 0 Å². The summed E-state index contributed by atoms with van der Waals surface area (Å²) in [5, 5.41) is -11.6. The van der Waals surface area contributed by atoms with E-state index in [-0.39, 0.29) is 0 Å². The van der Waals surface area contributed by atoms with E-state index in [1.54, 1.807) is 0 Å². The van der Waals surface area contributed by atoms with Crippen LogP contribution in [0.3, 0.4) is 0 Å². The van der Waals surface area contributed by atoms with E-state index in [9.17, 15) is 53.5 Å². The summed E-state index contributed by atoms with van der Waals surface area (Å²) in [6.45, 7) is 0. The van der Waals surface area contributed by atoms with Gasteiger partial charge >= 0.3 is 45.9 Å². The van der Waals surface area contributed by atoms with Crippen LogP contribution in [0.15, 0.2) is 0 Å². The summed E-state index contributed by atoms with van der Waals surface area (Å²) in [5.74, 6) is -32.4. The van der Waals surface area contributed by atoms with Gasteiger partial charge in [-0.05, 0) is 0 Å². The third-order valence-corrected chi connectivity index (χ3v) is 5.20. The van der Waals surface area contributed by atoms with E-state index in [0.29, 0.717) is 0 Å². The highest BCUT2D eigenvalue weighted by Crippen LogP contribution is 2.58.